The van der Waals surface area contributed by atoms with E-state index in [2.05, 4.69) is 5.32 Å². The van der Waals surface area contributed by atoms with Crippen molar-refractivity contribution in [1.29, 1.82) is 0 Å². The normalized spacial score (nSPS) is 11.5. The van der Waals surface area contributed by atoms with Gasteiger partial charge in [0.25, 0.3) is 5.91 Å². The second-order valence-corrected chi connectivity index (χ2v) is 7.69. The number of amides is 1. The van der Waals surface area contributed by atoms with E-state index in [-0.39, 0.29) is 5.78 Å². The van der Waals surface area contributed by atoms with Gasteiger partial charge in [-0.2, -0.15) is 0 Å². The molecule has 4 nitrogen and oxygen atoms in total. The first-order valence-corrected chi connectivity index (χ1v) is 10.7. The predicted molar refractivity (Wildman–Crippen MR) is 129 cm³/mol. The van der Waals surface area contributed by atoms with Gasteiger partial charge in [-0.15, -0.1) is 0 Å². The third-order valence-corrected chi connectivity index (χ3v) is 5.53. The van der Waals surface area contributed by atoms with E-state index in [0.717, 1.165) is 11.1 Å². The lowest BCUT2D eigenvalue weighted by Gasteiger charge is -2.26. The summed E-state index contributed by atoms with van der Waals surface area (Å²) >= 11 is 0. The molecule has 0 saturated heterocycles. The molecule has 4 heteroatoms. The number of para-hydroxylation sites is 1. The molecule has 0 saturated carbocycles. The summed E-state index contributed by atoms with van der Waals surface area (Å²) in [4.78, 5) is 40.4. The van der Waals surface area contributed by atoms with Crippen LogP contribution in [0.2, 0.25) is 0 Å². The van der Waals surface area contributed by atoms with Crippen molar-refractivity contribution < 1.29 is 14.4 Å². The van der Waals surface area contributed by atoms with Crippen LogP contribution in [-0.2, 0) is 9.59 Å². The largest absolute Gasteiger partial charge is 0.319 e. The maximum Gasteiger partial charge on any atom is 0.292 e. The zero-order chi connectivity index (χ0) is 23.0. The van der Waals surface area contributed by atoms with E-state index in [9.17, 15) is 14.4 Å². The van der Waals surface area contributed by atoms with Crippen LogP contribution in [-0.4, -0.2) is 17.5 Å². The number of anilines is 1. The summed E-state index contributed by atoms with van der Waals surface area (Å²) < 4.78 is 0. The lowest BCUT2D eigenvalue weighted by Crippen LogP contribution is -2.38. The van der Waals surface area contributed by atoms with E-state index >= 15 is 0 Å². The Kier molecular flexibility index (Phi) is 6.86. The average Bonchev–Trinajstić information content (AvgIpc) is 2.88. The van der Waals surface area contributed by atoms with E-state index in [1.54, 1.807) is 48.5 Å². The first kappa shape index (κ1) is 21.9. The molecular weight excluding hydrogens is 410 g/mol. The van der Waals surface area contributed by atoms with Gasteiger partial charge in [0.2, 0.25) is 5.78 Å². The number of rotatable bonds is 8. The van der Waals surface area contributed by atoms with Gasteiger partial charge >= 0.3 is 0 Å². The molecule has 4 aromatic carbocycles. The van der Waals surface area contributed by atoms with Crippen LogP contribution in [0.4, 0.5) is 5.69 Å². The first-order valence-electron chi connectivity index (χ1n) is 10.7. The first-order chi connectivity index (χ1) is 16.1. The van der Waals surface area contributed by atoms with Gasteiger partial charge in [0, 0.05) is 17.2 Å². The highest BCUT2D eigenvalue weighted by molar-refractivity contribution is 6.45. The minimum absolute atomic E-state index is 0.387. The van der Waals surface area contributed by atoms with Crippen molar-refractivity contribution in [3.8, 4) is 0 Å². The van der Waals surface area contributed by atoms with Crippen molar-refractivity contribution in [2.45, 2.75) is 5.92 Å². The number of hydrogen-bond donors (Lipinski definition) is 1. The standard InChI is InChI=1S/C29H23NO3/c31-27(23-17-9-3-10-18-23)26(28(32)29(33)30-24-19-11-4-12-20-24)25(21-13-5-1-6-14-21)22-15-7-2-8-16-22/h1-20,25-26H,(H,30,33)/t26-/m1/s1. The van der Waals surface area contributed by atoms with Crippen molar-refractivity contribution in [2.75, 3.05) is 5.32 Å². The van der Waals surface area contributed by atoms with Gasteiger partial charge in [-0.25, -0.2) is 0 Å². The highest BCUT2D eigenvalue weighted by atomic mass is 16.2. The van der Waals surface area contributed by atoms with Gasteiger partial charge in [0.05, 0.1) is 0 Å². The maximum absolute atomic E-state index is 13.7. The van der Waals surface area contributed by atoms with E-state index < -0.39 is 23.5 Å². The monoisotopic (exact) mass is 433 g/mol. The number of benzene rings is 4. The molecule has 0 bridgehead atoms. The minimum Gasteiger partial charge on any atom is -0.319 e. The number of nitrogens with one attached hydrogen (secondary N) is 1. The molecule has 0 aliphatic carbocycles. The Morgan fingerprint density at radius 2 is 0.970 bits per heavy atom. The Labute approximate surface area is 192 Å². The molecule has 0 aliphatic heterocycles. The van der Waals surface area contributed by atoms with Crippen molar-refractivity contribution in [3.05, 3.63) is 138 Å². The number of hydrogen-bond acceptors (Lipinski definition) is 3. The van der Waals surface area contributed by atoms with Gasteiger partial charge in [-0.05, 0) is 23.3 Å². The fraction of sp³-hybridized carbons (Fsp3) is 0.0690. The lowest BCUT2D eigenvalue weighted by molar-refractivity contribution is -0.136. The Bertz CT molecular complexity index is 1180. The zero-order valence-electron chi connectivity index (χ0n) is 17.9. The minimum atomic E-state index is -1.22. The molecule has 33 heavy (non-hydrogen) atoms. The van der Waals surface area contributed by atoms with Crippen LogP contribution in [0.3, 0.4) is 0 Å². The molecule has 4 aromatic rings. The number of carbonyl (C=O) groups excluding carboxylic acids is 3. The Morgan fingerprint density at radius 1 is 0.545 bits per heavy atom. The van der Waals surface area contributed by atoms with Gasteiger partial charge in [0.1, 0.15) is 5.92 Å². The van der Waals surface area contributed by atoms with Crippen LogP contribution in [0.5, 0.6) is 0 Å². The van der Waals surface area contributed by atoms with Gasteiger partial charge in [0.15, 0.2) is 5.78 Å². The molecule has 0 aromatic heterocycles. The molecule has 0 unspecified atom stereocenters. The van der Waals surface area contributed by atoms with E-state index in [1.807, 2.05) is 72.8 Å². The molecule has 1 N–H and O–H groups in total. The Balaban J connectivity index is 1.80. The molecular formula is C29H23NO3. The van der Waals surface area contributed by atoms with Crippen LogP contribution in [0, 0.1) is 5.92 Å². The SMILES string of the molecule is O=C(Nc1ccccc1)C(=O)[C@@H](C(=O)c1ccccc1)C(c1ccccc1)c1ccccc1. The fourth-order valence-electron chi connectivity index (χ4n) is 3.96. The second-order valence-electron chi connectivity index (χ2n) is 7.69. The third kappa shape index (κ3) is 5.13. The summed E-state index contributed by atoms with van der Waals surface area (Å²) in [5, 5.41) is 2.65. The van der Waals surface area contributed by atoms with Crippen LogP contribution in [0.15, 0.2) is 121 Å². The van der Waals surface area contributed by atoms with Gasteiger partial charge in [-0.1, -0.05) is 109 Å². The second kappa shape index (κ2) is 10.3. The Morgan fingerprint density at radius 3 is 1.45 bits per heavy atom. The van der Waals surface area contributed by atoms with Gasteiger partial charge in [-0.3, -0.25) is 14.4 Å². The van der Waals surface area contributed by atoms with Crippen LogP contribution in [0.25, 0.3) is 0 Å². The van der Waals surface area contributed by atoms with E-state index in [1.165, 1.54) is 0 Å². The van der Waals surface area contributed by atoms with E-state index in [0.29, 0.717) is 11.3 Å². The third-order valence-electron chi connectivity index (χ3n) is 5.53. The quantitative estimate of drug-likeness (QED) is 0.226. The highest BCUT2D eigenvalue weighted by Crippen LogP contribution is 2.35. The summed E-state index contributed by atoms with van der Waals surface area (Å²) in [6, 6.07) is 36.1. The van der Waals surface area contributed by atoms with Crippen LogP contribution < -0.4 is 5.32 Å². The summed E-state index contributed by atoms with van der Waals surface area (Å²) in [6.45, 7) is 0. The highest BCUT2D eigenvalue weighted by Gasteiger charge is 2.40. The topological polar surface area (TPSA) is 63.2 Å². The zero-order valence-corrected chi connectivity index (χ0v) is 17.9. The van der Waals surface area contributed by atoms with Crippen LogP contribution >= 0.6 is 0 Å². The summed E-state index contributed by atoms with van der Waals surface area (Å²) in [6.07, 6.45) is 0. The number of ketones is 2. The lowest BCUT2D eigenvalue weighted by atomic mass is 9.74. The number of carbonyl (C=O) groups is 3. The predicted octanol–water partition coefficient (Wildman–Crippen LogP) is 5.53. The Hall–Kier alpha value is -4.31. The molecule has 4 rings (SSSR count). The summed E-state index contributed by atoms with van der Waals surface area (Å²) in [5.74, 6) is -3.81. The molecule has 0 heterocycles. The van der Waals surface area contributed by atoms with Crippen LogP contribution in [0.1, 0.15) is 27.4 Å². The summed E-state index contributed by atoms with van der Waals surface area (Å²) in [5.41, 5.74) is 2.47. The van der Waals surface area contributed by atoms with Crippen molar-refractivity contribution in [2.24, 2.45) is 5.92 Å². The van der Waals surface area contributed by atoms with E-state index in [4.69, 9.17) is 0 Å². The number of Topliss-reactive ketones (excluding diaryl/α,β-unsaturated/α-hetero) is 2. The molecule has 0 spiro atoms. The smallest absolute Gasteiger partial charge is 0.292 e. The maximum atomic E-state index is 13.7. The van der Waals surface area contributed by atoms with Crippen molar-refractivity contribution in [3.63, 3.8) is 0 Å². The molecule has 1 atom stereocenters. The molecule has 0 aliphatic rings. The summed E-state index contributed by atoms with van der Waals surface area (Å²) in [7, 11) is 0. The molecule has 0 radical (unpaired) electrons. The molecule has 0 fully saturated rings. The molecule has 1 amide bonds. The fourth-order valence-corrected chi connectivity index (χ4v) is 3.96. The average molecular weight is 434 g/mol. The van der Waals surface area contributed by atoms with Crippen molar-refractivity contribution >= 4 is 23.2 Å². The molecule has 162 valence electrons. The van der Waals surface area contributed by atoms with Crippen molar-refractivity contribution in [1.82, 2.24) is 0 Å². The van der Waals surface area contributed by atoms with Gasteiger partial charge < -0.3 is 5.32 Å².